The van der Waals surface area contributed by atoms with Crippen LogP contribution in [0.4, 0.5) is 0 Å². The van der Waals surface area contributed by atoms with Gasteiger partial charge in [0, 0.05) is 11.9 Å². The molecule has 2 aromatic rings. The van der Waals surface area contributed by atoms with E-state index in [2.05, 4.69) is 55.5 Å². The van der Waals surface area contributed by atoms with E-state index in [0.717, 1.165) is 36.0 Å². The Hall–Kier alpha value is -1.39. The lowest BCUT2D eigenvalue weighted by molar-refractivity contribution is 0.299. The van der Waals surface area contributed by atoms with Gasteiger partial charge in [-0.05, 0) is 56.5 Å². The van der Waals surface area contributed by atoms with Crippen molar-refractivity contribution in [3.05, 3.63) is 44.9 Å². The van der Waals surface area contributed by atoms with Crippen molar-refractivity contribution in [2.75, 3.05) is 6.54 Å². The molecule has 0 aliphatic carbocycles. The summed E-state index contributed by atoms with van der Waals surface area (Å²) in [6, 6.07) is 4.28. The standard InChI is InChI=1S/C17H24N2OS/c1-5-6-18-9-17-19-15(11-21-17)10-20-16-8-12(2)7-13(3)14(16)4/h7-8,11,18H,5-6,9-10H2,1-4H3. The summed E-state index contributed by atoms with van der Waals surface area (Å²) >= 11 is 1.69. The third-order valence-electron chi connectivity index (χ3n) is 3.44. The zero-order valence-corrected chi connectivity index (χ0v) is 14.1. The Balaban J connectivity index is 1.94. The van der Waals surface area contributed by atoms with Gasteiger partial charge in [0.05, 0.1) is 5.69 Å². The highest BCUT2D eigenvalue weighted by atomic mass is 32.1. The number of aromatic nitrogens is 1. The quantitative estimate of drug-likeness (QED) is 0.780. The highest BCUT2D eigenvalue weighted by Gasteiger charge is 2.06. The fraction of sp³-hybridized carbons (Fsp3) is 0.471. The molecule has 4 heteroatoms. The highest BCUT2D eigenvalue weighted by Crippen LogP contribution is 2.24. The van der Waals surface area contributed by atoms with Crippen LogP contribution in [-0.2, 0) is 13.2 Å². The van der Waals surface area contributed by atoms with Crippen LogP contribution in [0, 0.1) is 20.8 Å². The van der Waals surface area contributed by atoms with Gasteiger partial charge < -0.3 is 10.1 Å². The minimum atomic E-state index is 0.536. The van der Waals surface area contributed by atoms with Gasteiger partial charge in [-0.15, -0.1) is 11.3 Å². The Bertz CT molecular complexity index is 592. The van der Waals surface area contributed by atoms with E-state index in [4.69, 9.17) is 4.74 Å². The normalized spacial score (nSPS) is 10.9. The number of hydrogen-bond donors (Lipinski definition) is 1. The average Bonchev–Trinajstić information content (AvgIpc) is 2.89. The number of hydrogen-bond acceptors (Lipinski definition) is 4. The third kappa shape index (κ3) is 4.55. The lowest BCUT2D eigenvalue weighted by atomic mass is 10.1. The second-order valence-electron chi connectivity index (χ2n) is 5.40. The minimum Gasteiger partial charge on any atom is -0.487 e. The van der Waals surface area contributed by atoms with E-state index in [-0.39, 0.29) is 0 Å². The first kappa shape index (κ1) is 16.0. The lowest BCUT2D eigenvalue weighted by Gasteiger charge is -2.11. The summed E-state index contributed by atoms with van der Waals surface area (Å²) in [5, 5.41) is 6.58. The van der Waals surface area contributed by atoms with E-state index in [1.807, 2.05) is 0 Å². The van der Waals surface area contributed by atoms with Crippen molar-refractivity contribution in [3.63, 3.8) is 0 Å². The number of nitrogens with one attached hydrogen (secondary N) is 1. The largest absolute Gasteiger partial charge is 0.487 e. The Morgan fingerprint density at radius 1 is 1.24 bits per heavy atom. The molecule has 21 heavy (non-hydrogen) atoms. The van der Waals surface area contributed by atoms with E-state index < -0.39 is 0 Å². The molecule has 0 amide bonds. The zero-order chi connectivity index (χ0) is 15.2. The molecule has 0 aliphatic heterocycles. The molecular formula is C17H24N2OS. The summed E-state index contributed by atoms with van der Waals surface area (Å²) in [7, 11) is 0. The van der Waals surface area contributed by atoms with Gasteiger partial charge in [0.25, 0.3) is 0 Å². The van der Waals surface area contributed by atoms with Crippen LogP contribution in [0.5, 0.6) is 5.75 Å². The molecule has 0 radical (unpaired) electrons. The second-order valence-corrected chi connectivity index (χ2v) is 6.35. The highest BCUT2D eigenvalue weighted by molar-refractivity contribution is 7.09. The summed E-state index contributed by atoms with van der Waals surface area (Å²) in [6.07, 6.45) is 1.15. The van der Waals surface area contributed by atoms with Gasteiger partial charge in [0.2, 0.25) is 0 Å². The molecule has 0 saturated carbocycles. The number of thiazole rings is 1. The summed E-state index contributed by atoms with van der Waals surface area (Å²) in [5.74, 6) is 0.964. The van der Waals surface area contributed by atoms with E-state index in [9.17, 15) is 0 Å². The molecule has 0 aliphatic rings. The molecule has 0 bridgehead atoms. The smallest absolute Gasteiger partial charge is 0.131 e. The predicted molar refractivity (Wildman–Crippen MR) is 89.1 cm³/mol. The molecule has 1 heterocycles. The van der Waals surface area contributed by atoms with Crippen LogP contribution in [0.25, 0.3) is 0 Å². The van der Waals surface area contributed by atoms with Crippen LogP contribution in [0.15, 0.2) is 17.5 Å². The Morgan fingerprint density at radius 2 is 2.05 bits per heavy atom. The average molecular weight is 304 g/mol. The van der Waals surface area contributed by atoms with Crippen LogP contribution in [0.3, 0.4) is 0 Å². The molecule has 0 fully saturated rings. The van der Waals surface area contributed by atoms with Crippen molar-refractivity contribution in [1.29, 1.82) is 0 Å². The second kappa shape index (κ2) is 7.57. The summed E-state index contributed by atoms with van der Waals surface area (Å²) < 4.78 is 5.95. The first-order valence-corrected chi connectivity index (χ1v) is 8.32. The molecule has 1 N–H and O–H groups in total. The Labute approximate surface area is 131 Å². The molecule has 1 aromatic carbocycles. The van der Waals surface area contributed by atoms with Gasteiger partial charge in [-0.1, -0.05) is 13.0 Å². The maximum absolute atomic E-state index is 5.95. The van der Waals surface area contributed by atoms with Crippen molar-refractivity contribution >= 4 is 11.3 Å². The van der Waals surface area contributed by atoms with Gasteiger partial charge in [-0.3, -0.25) is 0 Å². The van der Waals surface area contributed by atoms with Crippen LogP contribution >= 0.6 is 11.3 Å². The number of aryl methyl sites for hydroxylation is 2. The van der Waals surface area contributed by atoms with Crippen molar-refractivity contribution < 1.29 is 4.74 Å². The van der Waals surface area contributed by atoms with E-state index in [1.165, 1.54) is 16.7 Å². The maximum Gasteiger partial charge on any atom is 0.131 e. The number of ether oxygens (including phenoxy) is 1. The molecule has 3 nitrogen and oxygen atoms in total. The van der Waals surface area contributed by atoms with Crippen LogP contribution in [-0.4, -0.2) is 11.5 Å². The number of benzene rings is 1. The van der Waals surface area contributed by atoms with Crippen molar-refractivity contribution in [3.8, 4) is 5.75 Å². The van der Waals surface area contributed by atoms with Crippen molar-refractivity contribution in [2.45, 2.75) is 47.3 Å². The SMILES string of the molecule is CCCNCc1nc(COc2cc(C)cc(C)c2C)cs1. The molecule has 0 saturated heterocycles. The summed E-state index contributed by atoms with van der Waals surface area (Å²) in [4.78, 5) is 4.60. The molecule has 1 aromatic heterocycles. The summed E-state index contributed by atoms with van der Waals surface area (Å²) in [6.45, 7) is 10.9. The Morgan fingerprint density at radius 3 is 2.81 bits per heavy atom. The molecular weight excluding hydrogens is 280 g/mol. The van der Waals surface area contributed by atoms with Crippen molar-refractivity contribution in [2.24, 2.45) is 0 Å². The third-order valence-corrected chi connectivity index (χ3v) is 4.34. The molecule has 0 spiro atoms. The van der Waals surface area contributed by atoms with Gasteiger partial charge in [-0.25, -0.2) is 4.98 Å². The van der Waals surface area contributed by atoms with Gasteiger partial charge in [0.15, 0.2) is 0 Å². The first-order valence-electron chi connectivity index (χ1n) is 7.44. The van der Waals surface area contributed by atoms with E-state index >= 15 is 0 Å². The van der Waals surface area contributed by atoms with Crippen LogP contribution in [0.1, 0.15) is 40.7 Å². The fourth-order valence-electron chi connectivity index (χ4n) is 2.17. The molecule has 2 rings (SSSR count). The molecule has 0 unspecified atom stereocenters. The maximum atomic E-state index is 5.95. The van der Waals surface area contributed by atoms with Gasteiger partial charge >= 0.3 is 0 Å². The topological polar surface area (TPSA) is 34.2 Å². The predicted octanol–water partition coefficient (Wildman–Crippen LogP) is 4.15. The summed E-state index contributed by atoms with van der Waals surface area (Å²) in [5.41, 5.74) is 4.72. The zero-order valence-electron chi connectivity index (χ0n) is 13.3. The Kier molecular flexibility index (Phi) is 5.76. The van der Waals surface area contributed by atoms with Crippen molar-refractivity contribution in [1.82, 2.24) is 10.3 Å². The molecule has 114 valence electrons. The fourth-order valence-corrected chi connectivity index (χ4v) is 2.92. The van der Waals surface area contributed by atoms with Crippen LogP contribution < -0.4 is 10.1 Å². The number of nitrogens with zero attached hydrogens (tertiary/aromatic N) is 1. The minimum absolute atomic E-state index is 0.536. The van der Waals surface area contributed by atoms with E-state index in [1.54, 1.807) is 11.3 Å². The van der Waals surface area contributed by atoms with Gasteiger partial charge in [-0.2, -0.15) is 0 Å². The van der Waals surface area contributed by atoms with E-state index in [0.29, 0.717) is 6.61 Å². The first-order chi connectivity index (χ1) is 10.1. The molecule has 0 atom stereocenters. The van der Waals surface area contributed by atoms with Crippen LogP contribution in [0.2, 0.25) is 0 Å². The lowest BCUT2D eigenvalue weighted by Crippen LogP contribution is -2.13. The van der Waals surface area contributed by atoms with Gasteiger partial charge in [0.1, 0.15) is 17.4 Å². The number of rotatable bonds is 7. The monoisotopic (exact) mass is 304 g/mol.